The fourth-order valence-corrected chi connectivity index (χ4v) is 4.40. The van der Waals surface area contributed by atoms with Crippen molar-refractivity contribution in [3.63, 3.8) is 0 Å². The van der Waals surface area contributed by atoms with E-state index in [1.165, 1.54) is 5.56 Å². The first-order chi connectivity index (χ1) is 16.9. The fraction of sp³-hybridized carbons (Fsp3) is 0.233. The molecule has 0 spiro atoms. The first-order valence-electron chi connectivity index (χ1n) is 11.8. The summed E-state index contributed by atoms with van der Waals surface area (Å²) in [5, 5.41) is 6.28. The Morgan fingerprint density at radius 1 is 0.943 bits per heavy atom. The van der Waals surface area contributed by atoms with Crippen LogP contribution >= 0.6 is 11.6 Å². The summed E-state index contributed by atoms with van der Waals surface area (Å²) in [7, 11) is 1.68. The molecule has 0 saturated heterocycles. The lowest BCUT2D eigenvalue weighted by molar-refractivity contribution is 0.0378. The van der Waals surface area contributed by atoms with E-state index in [0.29, 0.717) is 17.1 Å². The molecule has 0 saturated carbocycles. The summed E-state index contributed by atoms with van der Waals surface area (Å²) < 4.78 is 10.7. The van der Waals surface area contributed by atoms with Gasteiger partial charge in [0.2, 0.25) is 0 Å². The highest BCUT2D eigenvalue weighted by Crippen LogP contribution is 2.33. The molecular formula is C30H30ClNO3. The lowest BCUT2D eigenvalue weighted by Gasteiger charge is -2.17. The van der Waals surface area contributed by atoms with Crippen LogP contribution in [0.15, 0.2) is 78.9 Å². The van der Waals surface area contributed by atoms with E-state index in [9.17, 15) is 4.79 Å². The van der Waals surface area contributed by atoms with E-state index in [0.717, 1.165) is 33.2 Å². The Hall–Kier alpha value is -3.34. The average molecular weight is 488 g/mol. The molecule has 0 radical (unpaired) electrons. The van der Waals surface area contributed by atoms with Crippen molar-refractivity contribution in [2.75, 3.05) is 7.11 Å². The molecule has 0 aromatic heterocycles. The number of nitrogens with one attached hydrogen (secondary N) is 1. The molecule has 0 amide bonds. The number of esters is 1. The van der Waals surface area contributed by atoms with Gasteiger partial charge in [-0.25, -0.2) is 4.79 Å². The van der Waals surface area contributed by atoms with Crippen molar-refractivity contribution in [1.82, 2.24) is 5.32 Å². The second kappa shape index (κ2) is 10.9. The van der Waals surface area contributed by atoms with Crippen molar-refractivity contribution >= 4 is 28.3 Å². The van der Waals surface area contributed by atoms with Crippen LogP contribution in [0, 0.1) is 0 Å². The molecule has 0 heterocycles. The van der Waals surface area contributed by atoms with Gasteiger partial charge in [0.15, 0.2) is 0 Å². The fourth-order valence-electron chi connectivity index (χ4n) is 4.14. The third-order valence-electron chi connectivity index (χ3n) is 5.97. The van der Waals surface area contributed by atoms with Crippen molar-refractivity contribution in [3.05, 3.63) is 101 Å². The lowest BCUT2D eigenvalue weighted by atomic mass is 9.94. The molecule has 1 N–H and O–H groups in total. The third kappa shape index (κ3) is 5.84. The van der Waals surface area contributed by atoms with E-state index in [1.807, 2.05) is 50.2 Å². The molecule has 0 fully saturated rings. The predicted molar refractivity (Wildman–Crippen MR) is 143 cm³/mol. The highest BCUT2D eigenvalue weighted by molar-refractivity contribution is 6.34. The van der Waals surface area contributed by atoms with Gasteiger partial charge in [-0.2, -0.15) is 0 Å². The highest BCUT2D eigenvalue weighted by atomic mass is 35.5. The lowest BCUT2D eigenvalue weighted by Crippen LogP contribution is -2.18. The van der Waals surface area contributed by atoms with Gasteiger partial charge in [-0.15, -0.1) is 0 Å². The van der Waals surface area contributed by atoms with Crippen LogP contribution < -0.4 is 10.1 Å². The van der Waals surface area contributed by atoms with Crippen molar-refractivity contribution in [3.8, 4) is 16.9 Å². The molecule has 180 valence electrons. The molecule has 0 bridgehead atoms. The number of hydrogen-bond donors (Lipinski definition) is 1. The van der Waals surface area contributed by atoms with Crippen molar-refractivity contribution in [1.29, 1.82) is 0 Å². The number of rotatable bonds is 8. The summed E-state index contributed by atoms with van der Waals surface area (Å²) >= 11 is 6.52. The van der Waals surface area contributed by atoms with Crippen LogP contribution in [0.2, 0.25) is 5.02 Å². The van der Waals surface area contributed by atoms with E-state index in [2.05, 4.69) is 48.6 Å². The SMILES string of the molecule is COc1cccc([C@@H](C)NCc2cc(-c3ccc(C(=O)OC(C)C)c(Cl)c3)c3ccccc3c2)c1. The minimum absolute atomic E-state index is 0.153. The van der Waals surface area contributed by atoms with Crippen molar-refractivity contribution in [2.24, 2.45) is 0 Å². The van der Waals surface area contributed by atoms with Crippen LogP contribution in [0.4, 0.5) is 0 Å². The van der Waals surface area contributed by atoms with E-state index in [-0.39, 0.29) is 12.1 Å². The Morgan fingerprint density at radius 2 is 1.74 bits per heavy atom. The Kier molecular flexibility index (Phi) is 7.74. The highest BCUT2D eigenvalue weighted by Gasteiger charge is 2.16. The minimum atomic E-state index is -0.411. The molecule has 4 rings (SSSR count). The van der Waals surface area contributed by atoms with Crippen LogP contribution in [0.25, 0.3) is 21.9 Å². The van der Waals surface area contributed by atoms with Crippen molar-refractivity contribution in [2.45, 2.75) is 39.5 Å². The molecule has 4 aromatic rings. The molecule has 0 aliphatic rings. The van der Waals surface area contributed by atoms with Crippen LogP contribution in [0.3, 0.4) is 0 Å². The van der Waals surface area contributed by atoms with Crippen LogP contribution in [0.1, 0.15) is 48.3 Å². The number of methoxy groups -OCH3 is 1. The molecule has 4 aromatic carbocycles. The van der Waals surface area contributed by atoms with Gasteiger partial charge < -0.3 is 14.8 Å². The Labute approximate surface area is 211 Å². The zero-order chi connectivity index (χ0) is 24.9. The van der Waals surface area contributed by atoms with Gasteiger partial charge in [0, 0.05) is 12.6 Å². The first kappa shape index (κ1) is 24.8. The van der Waals surface area contributed by atoms with Crippen LogP contribution in [-0.2, 0) is 11.3 Å². The first-order valence-corrected chi connectivity index (χ1v) is 12.1. The zero-order valence-corrected chi connectivity index (χ0v) is 21.2. The molecule has 4 nitrogen and oxygen atoms in total. The topological polar surface area (TPSA) is 47.6 Å². The summed E-state index contributed by atoms with van der Waals surface area (Å²) in [5.41, 5.74) is 4.72. The summed E-state index contributed by atoms with van der Waals surface area (Å²) in [6, 6.07) is 26.5. The third-order valence-corrected chi connectivity index (χ3v) is 6.28. The van der Waals surface area contributed by atoms with Gasteiger partial charge in [-0.3, -0.25) is 0 Å². The molecule has 0 unspecified atom stereocenters. The van der Waals surface area contributed by atoms with E-state index >= 15 is 0 Å². The second-order valence-corrected chi connectivity index (χ2v) is 9.30. The zero-order valence-electron chi connectivity index (χ0n) is 20.5. The van der Waals surface area contributed by atoms with Gasteiger partial charge >= 0.3 is 5.97 Å². The smallest absolute Gasteiger partial charge is 0.339 e. The monoisotopic (exact) mass is 487 g/mol. The molecule has 0 aliphatic carbocycles. The van der Waals surface area contributed by atoms with E-state index in [1.54, 1.807) is 13.2 Å². The van der Waals surface area contributed by atoms with Crippen LogP contribution in [-0.4, -0.2) is 19.2 Å². The summed E-state index contributed by atoms with van der Waals surface area (Å²) in [6.45, 7) is 6.48. The maximum absolute atomic E-state index is 12.4. The number of fused-ring (bicyclic) bond motifs is 1. The maximum Gasteiger partial charge on any atom is 0.339 e. The van der Waals surface area contributed by atoms with Crippen LogP contribution in [0.5, 0.6) is 5.75 Å². The average Bonchev–Trinajstić information content (AvgIpc) is 2.86. The van der Waals surface area contributed by atoms with E-state index < -0.39 is 5.97 Å². The number of ether oxygens (including phenoxy) is 2. The van der Waals surface area contributed by atoms with Gasteiger partial charge in [0.05, 0.1) is 23.8 Å². The Bertz CT molecular complexity index is 1350. The molecular weight excluding hydrogens is 458 g/mol. The molecule has 0 aliphatic heterocycles. The second-order valence-electron chi connectivity index (χ2n) is 8.89. The normalized spacial score (nSPS) is 12.1. The summed E-state index contributed by atoms with van der Waals surface area (Å²) in [6.07, 6.45) is -0.203. The van der Waals surface area contributed by atoms with Gasteiger partial charge in [-0.05, 0) is 90.2 Å². The standard InChI is InChI=1S/C30H30ClNO3/c1-19(2)35-30(33)27-13-12-24(17-29(27)31)28-15-21(14-23-8-5-6-11-26(23)28)18-32-20(3)22-9-7-10-25(16-22)34-4/h5-17,19-20,32H,18H2,1-4H3/t20-/m1/s1. The van der Waals surface area contributed by atoms with Crippen molar-refractivity contribution < 1.29 is 14.3 Å². The number of carbonyl (C=O) groups is 1. The molecule has 1 atom stereocenters. The van der Waals surface area contributed by atoms with E-state index in [4.69, 9.17) is 21.1 Å². The molecule has 5 heteroatoms. The number of halogens is 1. The maximum atomic E-state index is 12.4. The largest absolute Gasteiger partial charge is 0.497 e. The quantitative estimate of drug-likeness (QED) is 0.260. The summed E-state index contributed by atoms with van der Waals surface area (Å²) in [4.78, 5) is 12.4. The predicted octanol–water partition coefficient (Wildman–Crippen LogP) is 7.58. The summed E-state index contributed by atoms with van der Waals surface area (Å²) in [5.74, 6) is 0.438. The van der Waals surface area contributed by atoms with Gasteiger partial charge in [0.25, 0.3) is 0 Å². The number of carbonyl (C=O) groups excluding carboxylic acids is 1. The number of hydrogen-bond acceptors (Lipinski definition) is 4. The molecule has 35 heavy (non-hydrogen) atoms. The van der Waals surface area contributed by atoms with Gasteiger partial charge in [-0.1, -0.05) is 54.1 Å². The minimum Gasteiger partial charge on any atom is -0.497 e. The number of benzene rings is 4. The van der Waals surface area contributed by atoms with Gasteiger partial charge in [0.1, 0.15) is 5.75 Å². The Morgan fingerprint density at radius 3 is 2.49 bits per heavy atom. The Balaban J connectivity index is 1.64.